The van der Waals surface area contributed by atoms with Crippen LogP contribution < -0.4 is 5.32 Å². The van der Waals surface area contributed by atoms with E-state index in [1.54, 1.807) is 13.8 Å². The van der Waals surface area contributed by atoms with Crippen molar-refractivity contribution in [3.63, 3.8) is 0 Å². The van der Waals surface area contributed by atoms with Gasteiger partial charge < -0.3 is 15.5 Å². The van der Waals surface area contributed by atoms with Crippen molar-refractivity contribution in [1.29, 1.82) is 0 Å². The van der Waals surface area contributed by atoms with E-state index in [0.717, 1.165) is 12.8 Å². The van der Waals surface area contributed by atoms with Crippen molar-refractivity contribution >= 4 is 11.9 Å². The summed E-state index contributed by atoms with van der Waals surface area (Å²) in [6, 6.07) is 0.0951. The maximum absolute atomic E-state index is 11.9. The van der Waals surface area contributed by atoms with E-state index >= 15 is 0 Å². The van der Waals surface area contributed by atoms with E-state index in [-0.39, 0.29) is 24.5 Å². The molecule has 0 aliphatic heterocycles. The van der Waals surface area contributed by atoms with Crippen LogP contribution in [0.3, 0.4) is 0 Å². The van der Waals surface area contributed by atoms with Crippen LogP contribution in [0.5, 0.6) is 0 Å². The normalized spacial score (nSPS) is 34.6. The second-order valence-corrected chi connectivity index (χ2v) is 6.29. The second-order valence-electron chi connectivity index (χ2n) is 6.29. The molecule has 2 aliphatic rings. The first-order valence-corrected chi connectivity index (χ1v) is 6.50. The Labute approximate surface area is 107 Å². The molecule has 0 aromatic heterocycles. The van der Waals surface area contributed by atoms with Crippen molar-refractivity contribution in [3.8, 4) is 0 Å². The number of aliphatic hydroxyl groups is 1. The van der Waals surface area contributed by atoms with Crippen LogP contribution in [0.15, 0.2) is 0 Å². The lowest BCUT2D eigenvalue weighted by Gasteiger charge is -2.42. The first-order chi connectivity index (χ1) is 8.35. The largest absolute Gasteiger partial charge is 0.481 e. The Hall–Kier alpha value is -1.10. The van der Waals surface area contributed by atoms with Gasteiger partial charge in [0, 0.05) is 6.04 Å². The van der Waals surface area contributed by atoms with E-state index in [9.17, 15) is 9.59 Å². The highest BCUT2D eigenvalue weighted by molar-refractivity contribution is 5.82. The number of hydrogen-bond acceptors (Lipinski definition) is 3. The molecule has 1 amide bonds. The molecule has 0 aromatic carbocycles. The summed E-state index contributed by atoms with van der Waals surface area (Å²) in [7, 11) is 0. The van der Waals surface area contributed by atoms with Gasteiger partial charge in [0.05, 0.1) is 17.9 Å². The van der Waals surface area contributed by atoms with Crippen LogP contribution >= 0.6 is 0 Å². The van der Waals surface area contributed by atoms with Crippen molar-refractivity contribution < 1.29 is 19.8 Å². The third-order valence-electron chi connectivity index (χ3n) is 4.50. The number of carbonyl (C=O) groups excluding carboxylic acids is 1. The van der Waals surface area contributed by atoms with E-state index in [1.807, 2.05) is 0 Å². The van der Waals surface area contributed by atoms with Crippen LogP contribution in [0, 0.1) is 23.2 Å². The third kappa shape index (κ3) is 2.23. The third-order valence-corrected chi connectivity index (χ3v) is 4.50. The first kappa shape index (κ1) is 13.3. The van der Waals surface area contributed by atoms with Crippen molar-refractivity contribution in [2.45, 2.75) is 39.2 Å². The van der Waals surface area contributed by atoms with Crippen molar-refractivity contribution in [3.05, 3.63) is 0 Å². The zero-order valence-electron chi connectivity index (χ0n) is 10.8. The Kier molecular flexibility index (Phi) is 3.36. The molecule has 4 atom stereocenters. The van der Waals surface area contributed by atoms with Crippen LogP contribution in [0.2, 0.25) is 0 Å². The monoisotopic (exact) mass is 255 g/mol. The van der Waals surface area contributed by atoms with Crippen molar-refractivity contribution in [1.82, 2.24) is 5.32 Å². The SMILES string of the molecule is CC(C)(CO)C(=O)N[C@@H]1C[C@@H]2CC(C(=O)O)C[C@@H]21. The van der Waals surface area contributed by atoms with Crippen molar-refractivity contribution in [2.24, 2.45) is 23.2 Å². The average molecular weight is 255 g/mol. The van der Waals surface area contributed by atoms with E-state index in [2.05, 4.69) is 5.32 Å². The molecule has 5 heteroatoms. The number of carboxylic acids is 1. The molecular formula is C13H21NO4. The highest BCUT2D eigenvalue weighted by atomic mass is 16.4. The minimum atomic E-state index is -0.768. The fourth-order valence-electron chi connectivity index (χ4n) is 3.03. The van der Waals surface area contributed by atoms with Crippen LogP contribution in [-0.2, 0) is 9.59 Å². The molecule has 3 N–H and O–H groups in total. The Balaban J connectivity index is 1.88. The summed E-state index contributed by atoms with van der Waals surface area (Å²) in [6.07, 6.45) is 2.29. The summed E-state index contributed by atoms with van der Waals surface area (Å²) < 4.78 is 0. The molecule has 18 heavy (non-hydrogen) atoms. The first-order valence-electron chi connectivity index (χ1n) is 6.50. The molecule has 0 aromatic rings. The Morgan fingerprint density at radius 3 is 2.50 bits per heavy atom. The molecule has 2 aliphatic carbocycles. The maximum Gasteiger partial charge on any atom is 0.306 e. The van der Waals surface area contributed by atoms with Gasteiger partial charge in [-0.15, -0.1) is 0 Å². The number of carbonyl (C=O) groups is 2. The van der Waals surface area contributed by atoms with Gasteiger partial charge >= 0.3 is 5.97 Å². The highest BCUT2D eigenvalue weighted by Gasteiger charge is 2.50. The summed E-state index contributed by atoms with van der Waals surface area (Å²) in [5.74, 6) is -0.344. The molecule has 0 saturated heterocycles. The van der Waals surface area contributed by atoms with E-state index in [1.165, 1.54) is 0 Å². The number of nitrogens with one attached hydrogen (secondary N) is 1. The fraction of sp³-hybridized carbons (Fsp3) is 0.846. The number of aliphatic hydroxyl groups excluding tert-OH is 1. The quantitative estimate of drug-likeness (QED) is 0.687. The van der Waals surface area contributed by atoms with Crippen LogP contribution in [0.1, 0.15) is 33.1 Å². The molecule has 2 rings (SSSR count). The lowest BCUT2D eigenvalue weighted by molar-refractivity contribution is -0.141. The molecule has 1 unspecified atom stereocenters. The van der Waals surface area contributed by atoms with Crippen LogP contribution in [0.4, 0.5) is 0 Å². The van der Waals surface area contributed by atoms with Crippen LogP contribution in [-0.4, -0.2) is 34.7 Å². The summed E-state index contributed by atoms with van der Waals surface area (Å²) >= 11 is 0. The Bertz CT molecular complexity index is 366. The van der Waals surface area contributed by atoms with Gasteiger partial charge in [-0.25, -0.2) is 0 Å². The van der Waals surface area contributed by atoms with E-state index in [4.69, 9.17) is 10.2 Å². The number of aliphatic carboxylic acids is 1. The molecule has 0 spiro atoms. The highest BCUT2D eigenvalue weighted by Crippen LogP contribution is 2.49. The maximum atomic E-state index is 11.9. The van der Waals surface area contributed by atoms with Gasteiger partial charge in [-0.05, 0) is 44.9 Å². The minimum absolute atomic E-state index is 0.0951. The van der Waals surface area contributed by atoms with Gasteiger partial charge in [-0.3, -0.25) is 9.59 Å². The molecule has 0 heterocycles. The number of rotatable bonds is 4. The predicted octanol–water partition coefficient (Wildman–Crippen LogP) is 0.620. The van der Waals surface area contributed by atoms with E-state index < -0.39 is 11.4 Å². The second kappa shape index (κ2) is 4.53. The number of hydrogen-bond donors (Lipinski definition) is 3. The predicted molar refractivity (Wildman–Crippen MR) is 64.8 cm³/mol. The molecule has 2 fully saturated rings. The number of fused-ring (bicyclic) bond motifs is 1. The van der Waals surface area contributed by atoms with Gasteiger partial charge in [0.25, 0.3) is 0 Å². The Morgan fingerprint density at radius 2 is 1.94 bits per heavy atom. The summed E-state index contributed by atoms with van der Waals surface area (Å²) in [5.41, 5.74) is -0.768. The standard InChI is InChI=1S/C13H21NO4/c1-13(2,6-15)12(18)14-10-5-7-3-8(11(16)17)4-9(7)10/h7-10,15H,3-6H2,1-2H3,(H,14,18)(H,16,17)/t7-,8?,9-,10+/m0/s1. The minimum Gasteiger partial charge on any atom is -0.481 e. The summed E-state index contributed by atoms with van der Waals surface area (Å²) in [6.45, 7) is 3.22. The molecule has 2 saturated carbocycles. The number of carboxylic acid groups (broad SMARTS) is 1. The average Bonchev–Trinajstić information content (AvgIpc) is 2.63. The molecule has 0 bridgehead atoms. The Morgan fingerprint density at radius 1 is 1.28 bits per heavy atom. The van der Waals surface area contributed by atoms with Crippen LogP contribution in [0.25, 0.3) is 0 Å². The smallest absolute Gasteiger partial charge is 0.306 e. The topological polar surface area (TPSA) is 86.6 Å². The fourth-order valence-corrected chi connectivity index (χ4v) is 3.03. The summed E-state index contributed by atoms with van der Waals surface area (Å²) in [5, 5.41) is 21.1. The van der Waals surface area contributed by atoms with Gasteiger partial charge in [0.15, 0.2) is 0 Å². The van der Waals surface area contributed by atoms with Gasteiger partial charge in [-0.1, -0.05) is 0 Å². The molecule has 102 valence electrons. The van der Waals surface area contributed by atoms with Gasteiger partial charge in [0.2, 0.25) is 5.91 Å². The zero-order valence-corrected chi connectivity index (χ0v) is 10.8. The van der Waals surface area contributed by atoms with Gasteiger partial charge in [0.1, 0.15) is 0 Å². The number of amides is 1. The lowest BCUT2D eigenvalue weighted by Crippen LogP contribution is -2.54. The van der Waals surface area contributed by atoms with E-state index in [0.29, 0.717) is 18.3 Å². The lowest BCUT2D eigenvalue weighted by atomic mass is 9.71. The molecule has 5 nitrogen and oxygen atoms in total. The van der Waals surface area contributed by atoms with Crippen molar-refractivity contribution in [2.75, 3.05) is 6.61 Å². The van der Waals surface area contributed by atoms with Gasteiger partial charge in [-0.2, -0.15) is 0 Å². The molecule has 0 radical (unpaired) electrons. The zero-order chi connectivity index (χ0) is 13.5. The molecular weight excluding hydrogens is 234 g/mol. The summed E-state index contributed by atoms with van der Waals surface area (Å²) in [4.78, 5) is 22.9.